The Bertz CT molecular complexity index is 502. The van der Waals surface area contributed by atoms with Gasteiger partial charge < -0.3 is 14.9 Å². The fourth-order valence-corrected chi connectivity index (χ4v) is 1.50. The van der Waals surface area contributed by atoms with Gasteiger partial charge in [-0.25, -0.2) is 4.79 Å². The summed E-state index contributed by atoms with van der Waals surface area (Å²) in [4.78, 5) is 11.4. The zero-order valence-corrected chi connectivity index (χ0v) is 8.32. The molecule has 2 N–H and O–H groups in total. The van der Waals surface area contributed by atoms with Crippen LogP contribution in [-0.2, 0) is 11.3 Å². The molecule has 0 aliphatic rings. The molecule has 2 rings (SSSR count). The Morgan fingerprint density at radius 1 is 1.53 bits per heavy atom. The van der Waals surface area contributed by atoms with Gasteiger partial charge in [-0.15, -0.1) is 0 Å². The van der Waals surface area contributed by atoms with E-state index in [1.807, 2.05) is 0 Å². The van der Waals surface area contributed by atoms with Crippen LogP contribution in [0.4, 0.5) is 0 Å². The standard InChI is InChI=1S/C11H11NO3/c1-14-11(13)8-3-2-4-10-9(8)5-7(6-12)15-10/h2-5H,6,12H2,1H3. The average Bonchev–Trinajstić information content (AvgIpc) is 2.70. The van der Waals surface area contributed by atoms with E-state index >= 15 is 0 Å². The van der Waals surface area contributed by atoms with E-state index in [1.54, 1.807) is 24.3 Å². The summed E-state index contributed by atoms with van der Waals surface area (Å²) in [6.07, 6.45) is 0. The van der Waals surface area contributed by atoms with E-state index < -0.39 is 0 Å². The summed E-state index contributed by atoms with van der Waals surface area (Å²) < 4.78 is 10.1. The molecule has 4 nitrogen and oxygen atoms in total. The lowest BCUT2D eigenvalue weighted by atomic mass is 10.1. The number of nitrogens with two attached hydrogens (primary N) is 1. The van der Waals surface area contributed by atoms with Gasteiger partial charge in [0.1, 0.15) is 11.3 Å². The highest BCUT2D eigenvalue weighted by Gasteiger charge is 2.12. The number of carbonyl (C=O) groups excluding carboxylic acids is 1. The third kappa shape index (κ3) is 1.59. The third-order valence-electron chi connectivity index (χ3n) is 2.22. The van der Waals surface area contributed by atoms with E-state index in [-0.39, 0.29) is 5.97 Å². The fourth-order valence-electron chi connectivity index (χ4n) is 1.50. The van der Waals surface area contributed by atoms with E-state index in [4.69, 9.17) is 10.2 Å². The summed E-state index contributed by atoms with van der Waals surface area (Å²) in [6.45, 7) is 0.315. The molecule has 78 valence electrons. The zero-order valence-electron chi connectivity index (χ0n) is 8.32. The quantitative estimate of drug-likeness (QED) is 0.757. The van der Waals surface area contributed by atoms with Crippen LogP contribution in [0, 0.1) is 0 Å². The Balaban J connectivity index is 2.64. The van der Waals surface area contributed by atoms with Gasteiger partial charge in [-0.1, -0.05) is 6.07 Å². The smallest absolute Gasteiger partial charge is 0.338 e. The normalized spacial score (nSPS) is 10.5. The second kappa shape index (κ2) is 3.74. The number of furan rings is 1. The lowest BCUT2D eigenvalue weighted by Gasteiger charge is -1.98. The number of benzene rings is 1. The van der Waals surface area contributed by atoms with Gasteiger partial charge in [-0.2, -0.15) is 0 Å². The van der Waals surface area contributed by atoms with Crippen LogP contribution >= 0.6 is 0 Å². The van der Waals surface area contributed by atoms with Crippen LogP contribution in [0.5, 0.6) is 0 Å². The first-order valence-electron chi connectivity index (χ1n) is 4.56. The molecule has 0 unspecified atom stereocenters. The average molecular weight is 205 g/mol. The van der Waals surface area contributed by atoms with Crippen LogP contribution in [0.15, 0.2) is 28.7 Å². The number of esters is 1. The second-order valence-electron chi connectivity index (χ2n) is 3.13. The van der Waals surface area contributed by atoms with Gasteiger partial charge in [0.2, 0.25) is 0 Å². The fraction of sp³-hybridized carbons (Fsp3) is 0.182. The number of hydrogen-bond donors (Lipinski definition) is 1. The lowest BCUT2D eigenvalue weighted by molar-refractivity contribution is 0.0603. The van der Waals surface area contributed by atoms with Crippen LogP contribution < -0.4 is 5.73 Å². The van der Waals surface area contributed by atoms with Crippen molar-refractivity contribution in [3.05, 3.63) is 35.6 Å². The zero-order chi connectivity index (χ0) is 10.8. The van der Waals surface area contributed by atoms with Crippen LogP contribution in [0.25, 0.3) is 11.0 Å². The van der Waals surface area contributed by atoms with Crippen LogP contribution in [0.2, 0.25) is 0 Å². The van der Waals surface area contributed by atoms with E-state index in [1.165, 1.54) is 7.11 Å². The van der Waals surface area contributed by atoms with Crippen molar-refractivity contribution in [2.45, 2.75) is 6.54 Å². The minimum absolute atomic E-state index is 0.315. The van der Waals surface area contributed by atoms with Crippen LogP contribution in [-0.4, -0.2) is 13.1 Å². The SMILES string of the molecule is COC(=O)c1cccc2oc(CN)cc12. The number of fused-ring (bicyclic) bond motifs is 1. The molecule has 0 atom stereocenters. The van der Waals surface area contributed by atoms with Crippen molar-refractivity contribution >= 4 is 16.9 Å². The van der Waals surface area contributed by atoms with Crippen molar-refractivity contribution in [2.24, 2.45) is 5.73 Å². The summed E-state index contributed by atoms with van der Waals surface area (Å²) in [5, 5.41) is 0.741. The number of carbonyl (C=O) groups is 1. The van der Waals surface area contributed by atoms with Crippen molar-refractivity contribution in [3.8, 4) is 0 Å². The molecule has 0 amide bonds. The number of methoxy groups -OCH3 is 1. The van der Waals surface area contributed by atoms with Crippen molar-refractivity contribution in [1.82, 2.24) is 0 Å². The lowest BCUT2D eigenvalue weighted by Crippen LogP contribution is -2.00. The van der Waals surface area contributed by atoms with Gasteiger partial charge in [-0.05, 0) is 18.2 Å². The maximum atomic E-state index is 11.4. The summed E-state index contributed by atoms with van der Waals surface area (Å²) >= 11 is 0. The van der Waals surface area contributed by atoms with E-state index in [9.17, 15) is 4.79 Å². The highest BCUT2D eigenvalue weighted by molar-refractivity contribution is 6.03. The predicted molar refractivity (Wildman–Crippen MR) is 55.4 cm³/mol. The summed E-state index contributed by atoms with van der Waals surface area (Å²) in [7, 11) is 1.35. The second-order valence-corrected chi connectivity index (χ2v) is 3.13. The monoisotopic (exact) mass is 205 g/mol. The molecule has 4 heteroatoms. The first-order chi connectivity index (χ1) is 7.26. The first kappa shape index (κ1) is 9.73. The minimum atomic E-state index is -0.370. The maximum absolute atomic E-state index is 11.4. The molecule has 0 aliphatic carbocycles. The van der Waals surface area contributed by atoms with Crippen molar-refractivity contribution in [3.63, 3.8) is 0 Å². The molecule has 1 aromatic carbocycles. The predicted octanol–water partition coefficient (Wildman–Crippen LogP) is 1.68. The Morgan fingerprint density at radius 2 is 2.33 bits per heavy atom. The highest BCUT2D eigenvalue weighted by Crippen LogP contribution is 2.23. The molecular formula is C11H11NO3. The molecule has 1 heterocycles. The summed E-state index contributed by atoms with van der Waals surface area (Å²) in [6, 6.07) is 7.00. The molecule has 0 fully saturated rings. The number of ether oxygens (including phenoxy) is 1. The molecule has 0 saturated heterocycles. The molecule has 0 aliphatic heterocycles. The summed E-state index contributed by atoms with van der Waals surface area (Å²) in [5.74, 6) is 0.284. The number of hydrogen-bond acceptors (Lipinski definition) is 4. The van der Waals surface area contributed by atoms with Crippen LogP contribution in [0.3, 0.4) is 0 Å². The van der Waals surface area contributed by atoms with Crippen molar-refractivity contribution in [1.29, 1.82) is 0 Å². The maximum Gasteiger partial charge on any atom is 0.338 e. The first-order valence-corrected chi connectivity index (χ1v) is 4.56. The van der Waals surface area contributed by atoms with Gasteiger partial charge in [0.15, 0.2) is 0 Å². The molecule has 0 bridgehead atoms. The van der Waals surface area contributed by atoms with E-state index in [2.05, 4.69) is 4.74 Å². The van der Waals surface area contributed by atoms with Crippen LogP contribution in [0.1, 0.15) is 16.1 Å². The highest BCUT2D eigenvalue weighted by atomic mass is 16.5. The van der Waals surface area contributed by atoms with Gasteiger partial charge in [0, 0.05) is 5.39 Å². The van der Waals surface area contributed by atoms with Gasteiger partial charge in [-0.3, -0.25) is 0 Å². The Kier molecular flexibility index (Phi) is 2.43. The molecule has 0 radical (unpaired) electrons. The Morgan fingerprint density at radius 3 is 3.00 bits per heavy atom. The molecular weight excluding hydrogens is 194 g/mol. The largest absolute Gasteiger partial charge is 0.465 e. The molecule has 2 aromatic rings. The van der Waals surface area contributed by atoms with E-state index in [0.29, 0.717) is 23.5 Å². The molecule has 1 aromatic heterocycles. The minimum Gasteiger partial charge on any atom is -0.465 e. The number of rotatable bonds is 2. The molecule has 0 spiro atoms. The summed E-state index contributed by atoms with van der Waals surface area (Å²) in [5.41, 5.74) is 6.61. The van der Waals surface area contributed by atoms with Gasteiger partial charge in [0.05, 0.1) is 19.2 Å². The van der Waals surface area contributed by atoms with Gasteiger partial charge in [0.25, 0.3) is 0 Å². The van der Waals surface area contributed by atoms with E-state index in [0.717, 1.165) is 5.39 Å². The van der Waals surface area contributed by atoms with Gasteiger partial charge >= 0.3 is 5.97 Å². The topological polar surface area (TPSA) is 65.5 Å². The Labute approximate surface area is 86.6 Å². The van der Waals surface area contributed by atoms with Crippen molar-refractivity contribution < 1.29 is 13.9 Å². The Hall–Kier alpha value is -1.81. The molecule has 0 saturated carbocycles. The third-order valence-corrected chi connectivity index (χ3v) is 2.22. The van der Waals surface area contributed by atoms with Crippen molar-refractivity contribution in [2.75, 3.05) is 7.11 Å². The molecule has 15 heavy (non-hydrogen) atoms.